The molecule has 7 heteroatoms. The van der Waals surface area contributed by atoms with E-state index in [1.807, 2.05) is 93.0 Å². The molecule has 0 aliphatic carbocycles. The number of hydrogen-bond acceptors (Lipinski definition) is 5. The molecule has 0 heterocycles. The van der Waals surface area contributed by atoms with Crippen LogP contribution in [0.2, 0.25) is 0 Å². The van der Waals surface area contributed by atoms with Crippen LogP contribution in [0.5, 0.6) is 0 Å². The molecule has 0 aliphatic rings. The highest BCUT2D eigenvalue weighted by molar-refractivity contribution is 6.17. The number of carbonyl (C=O) groups excluding carboxylic acids is 1. The first-order chi connectivity index (χ1) is 16.9. The van der Waals surface area contributed by atoms with E-state index in [0.29, 0.717) is 17.0 Å². The van der Waals surface area contributed by atoms with Crippen LogP contribution in [0.4, 0.5) is 5.69 Å². The topological polar surface area (TPSA) is 102 Å². The van der Waals surface area contributed by atoms with E-state index in [4.69, 9.17) is 4.99 Å². The molecule has 1 amide bonds. The molecule has 0 saturated heterocycles. The average molecular weight is 474 g/mol. The summed E-state index contributed by atoms with van der Waals surface area (Å²) in [5, 5.41) is 22.9. The van der Waals surface area contributed by atoms with Crippen molar-refractivity contribution in [1.29, 1.82) is 0 Å². The molecule has 3 aromatic rings. The minimum Gasteiger partial charge on any atom is -0.480 e. The average Bonchev–Trinajstić information content (AvgIpc) is 2.85. The fraction of sp³-hybridized carbons (Fsp3) is 0.250. The Bertz CT molecular complexity index is 1150. The first kappa shape index (κ1) is 25.8. The van der Waals surface area contributed by atoms with E-state index >= 15 is 0 Å². The highest BCUT2D eigenvalue weighted by atomic mass is 16.4. The van der Waals surface area contributed by atoms with Gasteiger partial charge in [-0.1, -0.05) is 78.9 Å². The predicted octanol–water partition coefficient (Wildman–Crippen LogP) is 3.64. The Kier molecular flexibility index (Phi) is 9.29. The maximum Gasteiger partial charge on any atom is 0.329 e. The highest BCUT2D eigenvalue weighted by Gasteiger charge is 2.30. The van der Waals surface area contributed by atoms with Crippen LogP contribution in [0.15, 0.2) is 89.9 Å². The molecule has 3 aromatic carbocycles. The summed E-state index contributed by atoms with van der Waals surface area (Å²) in [4.78, 5) is 31.6. The van der Waals surface area contributed by atoms with Crippen LogP contribution in [0, 0.1) is 0 Å². The molecular weight excluding hydrogens is 442 g/mol. The van der Waals surface area contributed by atoms with Crippen LogP contribution in [-0.2, 0) is 9.59 Å². The lowest BCUT2D eigenvalue weighted by Crippen LogP contribution is -2.30. The zero-order valence-electron chi connectivity index (χ0n) is 20.0. The number of anilines is 1. The molecule has 182 valence electrons. The Morgan fingerprint density at radius 1 is 0.914 bits per heavy atom. The molecule has 3 N–H and O–H groups in total. The summed E-state index contributed by atoms with van der Waals surface area (Å²) < 4.78 is 0. The lowest BCUT2D eigenvalue weighted by molar-refractivity contribution is -0.139. The summed E-state index contributed by atoms with van der Waals surface area (Å²) in [7, 11) is 3.62. The van der Waals surface area contributed by atoms with E-state index in [1.54, 1.807) is 11.0 Å². The van der Waals surface area contributed by atoms with Gasteiger partial charge in [-0.3, -0.25) is 9.79 Å². The van der Waals surface area contributed by atoms with E-state index in [0.717, 1.165) is 11.1 Å². The van der Waals surface area contributed by atoms with Crippen molar-refractivity contribution < 1.29 is 19.8 Å². The Balaban J connectivity index is 2.15. The van der Waals surface area contributed by atoms with Gasteiger partial charge in [-0.2, -0.15) is 0 Å². The number of aliphatic imine (C=N–C) groups is 1. The number of nitrogens with one attached hydrogen (secondary N) is 1. The van der Waals surface area contributed by atoms with E-state index in [-0.39, 0.29) is 25.5 Å². The molecule has 35 heavy (non-hydrogen) atoms. The number of para-hydroxylation sites is 1. The van der Waals surface area contributed by atoms with Crippen molar-refractivity contribution in [2.75, 3.05) is 32.6 Å². The summed E-state index contributed by atoms with van der Waals surface area (Å²) in [5.41, 5.74) is 3.14. The van der Waals surface area contributed by atoms with Gasteiger partial charge >= 0.3 is 5.97 Å². The van der Waals surface area contributed by atoms with Crippen LogP contribution in [0.1, 0.15) is 29.0 Å². The number of carboxylic acid groups (broad SMARTS) is 1. The molecule has 2 atom stereocenters. The number of nitrogens with zero attached hydrogens (tertiary/aromatic N) is 2. The van der Waals surface area contributed by atoms with Crippen LogP contribution < -0.4 is 5.32 Å². The van der Waals surface area contributed by atoms with E-state index in [2.05, 4.69) is 5.32 Å². The number of aliphatic hydroxyl groups excluding tert-OH is 1. The quantitative estimate of drug-likeness (QED) is 0.369. The third-order valence-corrected chi connectivity index (χ3v) is 5.53. The highest BCUT2D eigenvalue weighted by Crippen LogP contribution is 2.28. The maximum atomic E-state index is 12.5. The largest absolute Gasteiger partial charge is 0.480 e. The molecule has 0 aromatic heterocycles. The number of carboxylic acids is 1. The summed E-state index contributed by atoms with van der Waals surface area (Å²) in [5.74, 6) is -1.81. The maximum absolute atomic E-state index is 12.5. The standard InChI is InChI=1S/C28H31N3O4/c1-31(2)19-25(33)29-24-16-10-9-15-23(24)26(21-13-7-4-8-14-21)30-27(28(34)35)22(17-18-32)20-11-5-3-6-12-20/h3-16,22,27,32H,17-19H2,1-2H3,(H,29,33)(H,34,35)/t22-,27-/m0/s1. The number of aliphatic carboxylic acids is 1. The van der Waals surface area contributed by atoms with Gasteiger partial charge in [-0.15, -0.1) is 0 Å². The van der Waals surface area contributed by atoms with Crippen molar-refractivity contribution >= 4 is 23.3 Å². The molecule has 0 radical (unpaired) electrons. The summed E-state index contributed by atoms with van der Waals surface area (Å²) in [6.45, 7) is 0.0349. The van der Waals surface area contributed by atoms with Gasteiger partial charge in [0.2, 0.25) is 5.91 Å². The van der Waals surface area contributed by atoms with Gasteiger partial charge < -0.3 is 20.4 Å². The minimum atomic E-state index is -1.15. The Morgan fingerprint density at radius 2 is 1.51 bits per heavy atom. The predicted molar refractivity (Wildman–Crippen MR) is 138 cm³/mol. The molecule has 3 rings (SSSR count). The molecule has 0 aliphatic heterocycles. The molecule has 0 unspecified atom stereocenters. The van der Waals surface area contributed by atoms with Gasteiger partial charge in [0.25, 0.3) is 0 Å². The summed E-state index contributed by atoms with van der Waals surface area (Å²) in [6, 6.07) is 24.6. The lowest BCUT2D eigenvalue weighted by Gasteiger charge is -2.23. The summed E-state index contributed by atoms with van der Waals surface area (Å²) >= 11 is 0. The van der Waals surface area contributed by atoms with Crippen LogP contribution >= 0.6 is 0 Å². The molecule has 0 spiro atoms. The van der Waals surface area contributed by atoms with Crippen molar-refractivity contribution in [3.63, 3.8) is 0 Å². The minimum absolute atomic E-state index is 0.170. The van der Waals surface area contributed by atoms with Gasteiger partial charge in [0.1, 0.15) is 0 Å². The van der Waals surface area contributed by atoms with Gasteiger partial charge in [0, 0.05) is 23.7 Å². The second-order valence-corrected chi connectivity index (χ2v) is 8.49. The third-order valence-electron chi connectivity index (χ3n) is 5.53. The first-order valence-corrected chi connectivity index (χ1v) is 11.5. The lowest BCUT2D eigenvalue weighted by atomic mass is 9.88. The second-order valence-electron chi connectivity index (χ2n) is 8.49. The number of hydrogen-bond donors (Lipinski definition) is 3. The van der Waals surface area contributed by atoms with Gasteiger partial charge in [-0.25, -0.2) is 4.79 Å². The number of benzene rings is 3. The SMILES string of the molecule is CN(C)CC(=O)Nc1ccccc1C(=N[C@H](C(=O)O)[C@@H](CCO)c1ccccc1)c1ccccc1. The fourth-order valence-electron chi connectivity index (χ4n) is 3.97. The zero-order valence-corrected chi connectivity index (χ0v) is 20.0. The van der Waals surface area contributed by atoms with Gasteiger partial charge in [0.05, 0.1) is 17.9 Å². The molecule has 7 nitrogen and oxygen atoms in total. The van der Waals surface area contributed by atoms with Gasteiger partial charge in [-0.05, 0) is 32.1 Å². The Labute approximate surface area is 205 Å². The number of carbonyl (C=O) groups is 2. The first-order valence-electron chi connectivity index (χ1n) is 11.5. The zero-order chi connectivity index (χ0) is 25.2. The normalized spacial score (nSPS) is 13.3. The number of likely N-dealkylation sites (N-methyl/N-ethyl adjacent to an activating group) is 1. The smallest absolute Gasteiger partial charge is 0.329 e. The summed E-state index contributed by atoms with van der Waals surface area (Å²) in [6.07, 6.45) is 0.244. The molecule has 0 saturated carbocycles. The molecule has 0 bridgehead atoms. The number of amides is 1. The van der Waals surface area contributed by atoms with E-state index in [1.165, 1.54) is 0 Å². The monoisotopic (exact) mass is 473 g/mol. The fourth-order valence-corrected chi connectivity index (χ4v) is 3.97. The number of rotatable bonds is 11. The van der Waals surface area contributed by atoms with Crippen LogP contribution in [-0.4, -0.2) is 66.0 Å². The second kappa shape index (κ2) is 12.6. The van der Waals surface area contributed by atoms with Crippen molar-refractivity contribution in [3.05, 3.63) is 102 Å². The Hall–Kier alpha value is -3.81. The molecular formula is C28H31N3O4. The van der Waals surface area contributed by atoms with E-state index < -0.39 is 17.9 Å². The Morgan fingerprint density at radius 3 is 2.11 bits per heavy atom. The van der Waals surface area contributed by atoms with E-state index in [9.17, 15) is 19.8 Å². The van der Waals surface area contributed by atoms with Crippen LogP contribution in [0.25, 0.3) is 0 Å². The van der Waals surface area contributed by atoms with Crippen molar-refractivity contribution in [2.24, 2.45) is 4.99 Å². The van der Waals surface area contributed by atoms with Crippen molar-refractivity contribution in [1.82, 2.24) is 4.90 Å². The van der Waals surface area contributed by atoms with Gasteiger partial charge in [0.15, 0.2) is 6.04 Å². The third kappa shape index (κ3) is 7.09. The number of aliphatic hydroxyl groups is 1. The van der Waals surface area contributed by atoms with Crippen molar-refractivity contribution in [2.45, 2.75) is 18.4 Å². The van der Waals surface area contributed by atoms with Crippen molar-refractivity contribution in [3.8, 4) is 0 Å². The van der Waals surface area contributed by atoms with Crippen LogP contribution in [0.3, 0.4) is 0 Å². The molecule has 0 fully saturated rings.